The molecule has 1 fully saturated rings. The Kier molecular flexibility index (Phi) is 7.96. The molecule has 0 aromatic rings. The number of hydrogen-bond donors (Lipinski definition) is 1. The molecule has 1 N–H and O–H groups in total. The Balaban J connectivity index is 1.93. The SMILES string of the molecule is CCCOCC(=O)NCCCN1CCN(C)CC1. The quantitative estimate of drug-likeness (QED) is 0.630. The predicted molar refractivity (Wildman–Crippen MR) is 72.7 cm³/mol. The van der Waals surface area contributed by atoms with Crippen LogP contribution in [0.5, 0.6) is 0 Å². The van der Waals surface area contributed by atoms with Crippen LogP contribution in [-0.2, 0) is 9.53 Å². The fourth-order valence-electron chi connectivity index (χ4n) is 1.96. The summed E-state index contributed by atoms with van der Waals surface area (Å²) in [6, 6.07) is 0. The Morgan fingerprint density at radius 3 is 2.67 bits per heavy atom. The zero-order chi connectivity index (χ0) is 13.2. The topological polar surface area (TPSA) is 44.8 Å². The lowest BCUT2D eigenvalue weighted by molar-refractivity contribution is -0.125. The first-order valence-corrected chi connectivity index (χ1v) is 6.97. The Labute approximate surface area is 110 Å². The van der Waals surface area contributed by atoms with E-state index in [2.05, 4.69) is 22.2 Å². The zero-order valence-electron chi connectivity index (χ0n) is 11.8. The third kappa shape index (κ3) is 6.93. The van der Waals surface area contributed by atoms with E-state index >= 15 is 0 Å². The van der Waals surface area contributed by atoms with Crippen molar-refractivity contribution in [3.63, 3.8) is 0 Å². The summed E-state index contributed by atoms with van der Waals surface area (Å²) in [7, 11) is 2.16. The Morgan fingerprint density at radius 2 is 2.00 bits per heavy atom. The minimum absolute atomic E-state index is 0.00169. The van der Waals surface area contributed by atoms with Gasteiger partial charge in [0.15, 0.2) is 0 Å². The fraction of sp³-hybridized carbons (Fsp3) is 0.923. The summed E-state index contributed by atoms with van der Waals surface area (Å²) < 4.78 is 5.18. The van der Waals surface area contributed by atoms with Gasteiger partial charge >= 0.3 is 0 Å². The van der Waals surface area contributed by atoms with Gasteiger partial charge in [0.25, 0.3) is 0 Å². The second kappa shape index (κ2) is 9.30. The van der Waals surface area contributed by atoms with Crippen molar-refractivity contribution in [1.29, 1.82) is 0 Å². The van der Waals surface area contributed by atoms with E-state index in [0.717, 1.165) is 52.1 Å². The summed E-state index contributed by atoms with van der Waals surface area (Å²) in [4.78, 5) is 16.2. The van der Waals surface area contributed by atoms with E-state index in [4.69, 9.17) is 4.74 Å². The summed E-state index contributed by atoms with van der Waals surface area (Å²) in [5.41, 5.74) is 0. The van der Waals surface area contributed by atoms with Crippen LogP contribution in [0.25, 0.3) is 0 Å². The van der Waals surface area contributed by atoms with Crippen molar-refractivity contribution in [3.05, 3.63) is 0 Å². The maximum absolute atomic E-state index is 11.4. The van der Waals surface area contributed by atoms with E-state index in [1.165, 1.54) is 0 Å². The monoisotopic (exact) mass is 257 g/mol. The van der Waals surface area contributed by atoms with Crippen molar-refractivity contribution in [2.24, 2.45) is 0 Å². The van der Waals surface area contributed by atoms with Gasteiger partial charge in [0, 0.05) is 39.3 Å². The van der Waals surface area contributed by atoms with Gasteiger partial charge in [-0.1, -0.05) is 6.92 Å². The van der Waals surface area contributed by atoms with Gasteiger partial charge in [0.05, 0.1) is 0 Å². The minimum Gasteiger partial charge on any atom is -0.372 e. The van der Waals surface area contributed by atoms with E-state index in [9.17, 15) is 4.79 Å². The molecule has 0 bridgehead atoms. The van der Waals surface area contributed by atoms with Crippen molar-refractivity contribution >= 4 is 5.91 Å². The number of carbonyl (C=O) groups is 1. The number of hydrogen-bond acceptors (Lipinski definition) is 4. The Bertz CT molecular complexity index is 228. The lowest BCUT2D eigenvalue weighted by atomic mass is 10.3. The molecular formula is C13H27N3O2. The molecule has 5 heteroatoms. The maximum Gasteiger partial charge on any atom is 0.245 e. The van der Waals surface area contributed by atoms with Crippen LogP contribution in [0.1, 0.15) is 19.8 Å². The van der Waals surface area contributed by atoms with E-state index in [1.54, 1.807) is 0 Å². The van der Waals surface area contributed by atoms with Gasteiger partial charge in [-0.2, -0.15) is 0 Å². The molecule has 1 saturated heterocycles. The molecular weight excluding hydrogens is 230 g/mol. The van der Waals surface area contributed by atoms with Gasteiger partial charge in [-0.15, -0.1) is 0 Å². The molecule has 1 aliphatic heterocycles. The predicted octanol–water partition coefficient (Wildman–Crippen LogP) is 0.167. The number of rotatable bonds is 8. The fourth-order valence-corrected chi connectivity index (χ4v) is 1.96. The first kappa shape index (κ1) is 15.4. The van der Waals surface area contributed by atoms with Crippen molar-refractivity contribution in [1.82, 2.24) is 15.1 Å². The molecule has 0 saturated carbocycles. The third-order valence-electron chi connectivity index (χ3n) is 3.15. The standard InChI is InChI=1S/C13H27N3O2/c1-3-11-18-12-13(17)14-5-4-6-16-9-7-15(2)8-10-16/h3-12H2,1-2H3,(H,14,17). The number of nitrogens with one attached hydrogen (secondary N) is 1. The van der Waals surface area contributed by atoms with Crippen LogP contribution in [-0.4, -0.2) is 75.2 Å². The summed E-state index contributed by atoms with van der Waals surface area (Å²) in [6.45, 7) is 9.30. The molecule has 0 unspecified atom stereocenters. The number of likely N-dealkylation sites (N-methyl/N-ethyl adjacent to an activating group) is 1. The molecule has 5 nitrogen and oxygen atoms in total. The molecule has 0 spiro atoms. The van der Waals surface area contributed by atoms with Crippen molar-refractivity contribution in [3.8, 4) is 0 Å². The van der Waals surface area contributed by atoms with Crippen LogP contribution in [0.4, 0.5) is 0 Å². The van der Waals surface area contributed by atoms with Crippen LogP contribution in [0.15, 0.2) is 0 Å². The summed E-state index contributed by atoms with van der Waals surface area (Å²) in [5.74, 6) is 0.00169. The van der Waals surface area contributed by atoms with Crippen LogP contribution < -0.4 is 5.32 Å². The van der Waals surface area contributed by atoms with Gasteiger partial charge in [-0.05, 0) is 26.4 Å². The zero-order valence-corrected chi connectivity index (χ0v) is 11.8. The molecule has 0 aromatic carbocycles. The third-order valence-corrected chi connectivity index (χ3v) is 3.15. The van der Waals surface area contributed by atoms with Gasteiger partial charge < -0.3 is 19.9 Å². The van der Waals surface area contributed by atoms with E-state index in [-0.39, 0.29) is 12.5 Å². The first-order chi connectivity index (χ1) is 8.72. The summed E-state index contributed by atoms with van der Waals surface area (Å²) >= 11 is 0. The van der Waals surface area contributed by atoms with Crippen molar-refractivity contribution in [2.75, 3.05) is 59.5 Å². The van der Waals surface area contributed by atoms with Crippen molar-refractivity contribution < 1.29 is 9.53 Å². The number of piperazine rings is 1. The van der Waals surface area contributed by atoms with E-state index in [1.807, 2.05) is 6.92 Å². The molecule has 0 radical (unpaired) electrons. The molecule has 1 aliphatic rings. The van der Waals surface area contributed by atoms with E-state index in [0.29, 0.717) is 6.61 Å². The average molecular weight is 257 g/mol. The Morgan fingerprint density at radius 1 is 1.28 bits per heavy atom. The van der Waals surface area contributed by atoms with E-state index < -0.39 is 0 Å². The van der Waals surface area contributed by atoms with Crippen LogP contribution in [0.2, 0.25) is 0 Å². The highest BCUT2D eigenvalue weighted by atomic mass is 16.5. The second-order valence-electron chi connectivity index (χ2n) is 4.90. The number of ether oxygens (including phenoxy) is 1. The van der Waals surface area contributed by atoms with Gasteiger partial charge in [0.1, 0.15) is 6.61 Å². The molecule has 1 rings (SSSR count). The lowest BCUT2D eigenvalue weighted by Gasteiger charge is -2.32. The molecule has 106 valence electrons. The lowest BCUT2D eigenvalue weighted by Crippen LogP contribution is -2.45. The molecule has 0 atom stereocenters. The highest BCUT2D eigenvalue weighted by molar-refractivity contribution is 5.77. The highest BCUT2D eigenvalue weighted by Crippen LogP contribution is 1.99. The molecule has 18 heavy (non-hydrogen) atoms. The first-order valence-electron chi connectivity index (χ1n) is 6.97. The van der Waals surface area contributed by atoms with Gasteiger partial charge in [0.2, 0.25) is 5.91 Å². The average Bonchev–Trinajstić information content (AvgIpc) is 2.37. The number of amides is 1. The smallest absolute Gasteiger partial charge is 0.245 e. The molecule has 1 heterocycles. The molecule has 0 aromatic heterocycles. The van der Waals surface area contributed by atoms with Gasteiger partial charge in [-0.25, -0.2) is 0 Å². The highest BCUT2D eigenvalue weighted by Gasteiger charge is 2.12. The second-order valence-corrected chi connectivity index (χ2v) is 4.90. The largest absolute Gasteiger partial charge is 0.372 e. The summed E-state index contributed by atoms with van der Waals surface area (Å²) in [5, 5.41) is 2.89. The molecule has 0 aliphatic carbocycles. The van der Waals surface area contributed by atoms with Gasteiger partial charge in [-0.3, -0.25) is 4.79 Å². The maximum atomic E-state index is 11.4. The van der Waals surface area contributed by atoms with Crippen LogP contribution in [0.3, 0.4) is 0 Å². The van der Waals surface area contributed by atoms with Crippen LogP contribution >= 0.6 is 0 Å². The Hall–Kier alpha value is -0.650. The minimum atomic E-state index is 0.00169. The van der Waals surface area contributed by atoms with Crippen molar-refractivity contribution in [2.45, 2.75) is 19.8 Å². The number of carbonyl (C=O) groups excluding carboxylic acids is 1. The summed E-state index contributed by atoms with van der Waals surface area (Å²) in [6.07, 6.45) is 1.97. The number of nitrogens with zero attached hydrogens (tertiary/aromatic N) is 2. The molecule has 1 amide bonds. The normalized spacial score (nSPS) is 17.9. The van der Waals surface area contributed by atoms with Crippen LogP contribution in [0, 0.1) is 0 Å².